The molecule has 500 valence electrons. The van der Waals surface area contributed by atoms with Crippen LogP contribution < -0.4 is 69.4 Å². The number of nitrogens with one attached hydrogen (secondary N) is 9. The highest BCUT2D eigenvalue weighted by Gasteiger charge is 2.36. The van der Waals surface area contributed by atoms with Crippen molar-refractivity contribution in [3.05, 3.63) is 84.9 Å². The number of anilines is 2. The highest BCUT2D eigenvalue weighted by molar-refractivity contribution is 7.89. The lowest BCUT2D eigenvalue weighted by Crippen LogP contribution is -2.61. The molecule has 4 rings (SSSR count). The van der Waals surface area contributed by atoms with Gasteiger partial charge in [-0.15, -0.1) is 0 Å². The van der Waals surface area contributed by atoms with E-state index < -0.39 is 128 Å². The minimum Gasteiger partial charge on any atom is -0.383 e. The number of rotatable bonds is 39. The van der Waals surface area contributed by atoms with Gasteiger partial charge in [0.2, 0.25) is 57.3 Å². The average molecular weight is 1310 g/mol. The minimum absolute atomic E-state index is 0.00419. The summed E-state index contributed by atoms with van der Waals surface area (Å²) in [7, 11) is -4.63. The van der Waals surface area contributed by atoms with E-state index in [2.05, 4.69) is 57.5 Å². The number of benzene rings is 4. The van der Waals surface area contributed by atoms with Gasteiger partial charge in [-0.05, 0) is 123 Å². The number of primary amides is 1. The zero-order valence-corrected chi connectivity index (χ0v) is 54.5. The quantitative estimate of drug-likeness (QED) is 0.0173. The molecule has 28 nitrogen and oxygen atoms in total. The summed E-state index contributed by atoms with van der Waals surface area (Å²) < 4.78 is 62.7. The molecule has 0 spiro atoms. The Morgan fingerprint density at radius 2 is 1.12 bits per heavy atom. The fraction of sp³-hybridized carbons (Fsp3) is 0.508. The maximum atomic E-state index is 14.4. The van der Waals surface area contributed by atoms with Crippen LogP contribution in [0.3, 0.4) is 0 Å². The number of hydrogen-bond donors (Lipinski definition) is 13. The molecule has 4 aromatic rings. The molecule has 7 atom stereocenters. The molecule has 0 aliphatic heterocycles. The number of carbonyl (C=O) groups is 8. The van der Waals surface area contributed by atoms with Crippen molar-refractivity contribution in [2.45, 2.75) is 145 Å². The molecule has 16 N–H and O–H groups in total. The van der Waals surface area contributed by atoms with Crippen molar-refractivity contribution in [3.63, 3.8) is 0 Å². The lowest BCUT2D eigenvalue weighted by molar-refractivity contribution is -0.136. The van der Waals surface area contributed by atoms with E-state index in [4.69, 9.17) is 17.2 Å². The SMILES string of the molecule is CCC(C)[C@H](NC(=O)[C@@H](NC(=O)[C@H](CCCCN)NC(=O)[C@@H](NC(=O)[C@H](CCC(=O)NCCNc1cccc2c(S(=O)(=O)O)cccc12)NC(=O)[C@@H](N)CCCCNS(=O)(=O)c1ccc(N=Nc2ccc(N(C)C)cc2)cc1)C(C)C)C(C)C)C(=O)NCC(N)=O. The summed E-state index contributed by atoms with van der Waals surface area (Å²) in [5.41, 5.74) is 19.9. The van der Waals surface area contributed by atoms with Gasteiger partial charge in [0.1, 0.15) is 35.1 Å². The van der Waals surface area contributed by atoms with E-state index in [1.54, 1.807) is 58.9 Å². The number of nitrogens with zero attached hydrogens (tertiary/aromatic N) is 3. The highest BCUT2D eigenvalue weighted by Crippen LogP contribution is 2.29. The normalized spacial score (nSPS) is 14.1. The summed E-state index contributed by atoms with van der Waals surface area (Å²) in [5, 5.41) is 30.9. The highest BCUT2D eigenvalue weighted by atomic mass is 32.2. The number of azo groups is 1. The predicted molar refractivity (Wildman–Crippen MR) is 347 cm³/mol. The molecule has 0 heterocycles. The van der Waals surface area contributed by atoms with Gasteiger partial charge in [0.25, 0.3) is 10.1 Å². The predicted octanol–water partition coefficient (Wildman–Crippen LogP) is 2.86. The van der Waals surface area contributed by atoms with Gasteiger partial charge in [-0.3, -0.25) is 42.9 Å². The molecular weight excluding hydrogens is 1210 g/mol. The maximum absolute atomic E-state index is 14.4. The first-order valence-electron chi connectivity index (χ1n) is 30.3. The van der Waals surface area contributed by atoms with Crippen LogP contribution in [-0.2, 0) is 58.5 Å². The summed E-state index contributed by atoms with van der Waals surface area (Å²) >= 11 is 0. The monoisotopic (exact) mass is 1310 g/mol. The smallest absolute Gasteiger partial charge is 0.295 e. The van der Waals surface area contributed by atoms with Gasteiger partial charge in [0.15, 0.2) is 0 Å². The van der Waals surface area contributed by atoms with Gasteiger partial charge in [0.05, 0.1) is 28.9 Å². The number of carbonyl (C=O) groups excluding carboxylic acids is 8. The Morgan fingerprint density at radius 1 is 0.582 bits per heavy atom. The molecule has 91 heavy (non-hydrogen) atoms. The van der Waals surface area contributed by atoms with Crippen molar-refractivity contribution in [1.82, 2.24) is 41.9 Å². The van der Waals surface area contributed by atoms with Crippen molar-refractivity contribution in [1.29, 1.82) is 0 Å². The maximum Gasteiger partial charge on any atom is 0.295 e. The molecule has 1 unspecified atom stereocenters. The molecule has 0 saturated carbocycles. The second kappa shape index (κ2) is 36.6. The van der Waals surface area contributed by atoms with Crippen LogP contribution >= 0.6 is 0 Å². The fourth-order valence-corrected chi connectivity index (χ4v) is 11.1. The summed E-state index contributed by atoms with van der Waals surface area (Å²) in [6.07, 6.45) is 1.33. The van der Waals surface area contributed by atoms with Crippen molar-refractivity contribution < 1.29 is 59.7 Å². The van der Waals surface area contributed by atoms with Crippen molar-refractivity contribution in [3.8, 4) is 0 Å². The van der Waals surface area contributed by atoms with Crippen LogP contribution in [0.5, 0.6) is 0 Å². The molecule has 8 amide bonds. The number of nitrogens with two attached hydrogens (primary N) is 3. The van der Waals surface area contributed by atoms with Crippen molar-refractivity contribution in [2.75, 3.05) is 57.0 Å². The van der Waals surface area contributed by atoms with Gasteiger partial charge >= 0.3 is 0 Å². The van der Waals surface area contributed by atoms with E-state index in [-0.39, 0.29) is 79.9 Å². The number of sulfonamides is 1. The standard InChI is InChI=1S/C61H91N15O13S2/c1-9-39(6)55(59(82)67-36-51(64)77)73-61(84)54(38(4)5)72-57(80)48(19-10-12-32-62)70-60(83)53(37(2)3)71-58(81)49(30-31-52(78)66-35-34-65-47-20-14-17-45-44(47)16-15-21-50(45)91(87,88)89)69-56(79)46(63)18-11-13-33-68-90(85,86)43-28-24-41(25-29-43)75-74-40-22-26-42(27-23-40)76(7)8/h14-17,20-29,37-39,46,48-49,53-55,65,68H,9-13,18-19,30-36,62-63H2,1-8H3,(H2,64,77)(H,66,78)(H,67,82)(H,69,79)(H,70,83)(H,71,81)(H,72,80)(H,73,84)(H,87,88,89)/t39?,46-,48-,49-,53-,54-,55-/m0/s1. The Bertz CT molecular complexity index is 3370. The average Bonchev–Trinajstić information content (AvgIpc) is 0.836. The molecule has 0 aliphatic carbocycles. The van der Waals surface area contributed by atoms with Gasteiger partial charge < -0.3 is 64.6 Å². The molecule has 0 aliphatic rings. The third-order valence-electron chi connectivity index (χ3n) is 14.9. The Kier molecular flexibility index (Phi) is 30.3. The summed E-state index contributed by atoms with van der Waals surface area (Å²) in [5.74, 6) is -7.44. The van der Waals surface area contributed by atoms with E-state index in [1.807, 2.05) is 50.2 Å². The first-order valence-corrected chi connectivity index (χ1v) is 33.2. The van der Waals surface area contributed by atoms with E-state index in [9.17, 15) is 59.7 Å². The van der Waals surface area contributed by atoms with Gasteiger partial charge in [-0.2, -0.15) is 18.6 Å². The molecule has 0 bridgehead atoms. The number of unbranched alkanes of at least 4 members (excludes halogenated alkanes) is 2. The number of amides is 8. The Balaban J connectivity index is 1.46. The molecule has 0 saturated heterocycles. The van der Waals surface area contributed by atoms with Crippen LogP contribution in [0.1, 0.15) is 99.3 Å². The van der Waals surface area contributed by atoms with Crippen LogP contribution in [0.2, 0.25) is 0 Å². The molecule has 4 aromatic carbocycles. The van der Waals surface area contributed by atoms with Gasteiger partial charge in [-0.1, -0.05) is 78.6 Å². The molecule has 0 fully saturated rings. The topological polar surface area (TPSA) is 439 Å². The van der Waals surface area contributed by atoms with E-state index in [0.717, 1.165) is 5.69 Å². The Labute approximate surface area is 532 Å². The molecule has 0 aromatic heterocycles. The summed E-state index contributed by atoms with van der Waals surface area (Å²) in [6, 6.07) is 14.9. The molecule has 30 heteroatoms. The fourth-order valence-electron chi connectivity index (χ4n) is 9.34. The van der Waals surface area contributed by atoms with Gasteiger partial charge in [0, 0.05) is 62.3 Å². The summed E-state index contributed by atoms with van der Waals surface area (Å²) in [6.45, 7) is 10.2. The van der Waals surface area contributed by atoms with E-state index in [0.29, 0.717) is 41.7 Å². The second-order valence-corrected chi connectivity index (χ2v) is 26.1. The lowest BCUT2D eigenvalue weighted by atomic mass is 9.96. The van der Waals surface area contributed by atoms with Crippen LogP contribution in [0.15, 0.2) is 105 Å². The van der Waals surface area contributed by atoms with Crippen LogP contribution in [0, 0.1) is 17.8 Å². The lowest BCUT2D eigenvalue weighted by Gasteiger charge is -2.30. The molecular formula is C61H91N15O13S2. The largest absolute Gasteiger partial charge is 0.383 e. The molecule has 0 radical (unpaired) electrons. The first-order chi connectivity index (χ1) is 43.0. The first kappa shape index (κ1) is 75.3. The van der Waals surface area contributed by atoms with Crippen LogP contribution in [-0.4, -0.2) is 152 Å². The number of fused-ring (bicyclic) bond motifs is 1. The zero-order valence-electron chi connectivity index (χ0n) is 52.9. The number of hydrogen-bond acceptors (Lipinski definition) is 18. The van der Waals surface area contributed by atoms with Crippen molar-refractivity contribution in [2.24, 2.45) is 45.2 Å². The van der Waals surface area contributed by atoms with E-state index >= 15 is 0 Å². The van der Waals surface area contributed by atoms with Crippen LogP contribution in [0.25, 0.3) is 10.8 Å². The van der Waals surface area contributed by atoms with Crippen molar-refractivity contribution >= 4 is 101 Å². The Hall–Kier alpha value is -8.16. The second-order valence-electron chi connectivity index (χ2n) is 23.0. The third kappa shape index (κ3) is 24.5. The third-order valence-corrected chi connectivity index (χ3v) is 17.3. The summed E-state index contributed by atoms with van der Waals surface area (Å²) in [4.78, 5) is 110. The Morgan fingerprint density at radius 3 is 1.68 bits per heavy atom. The van der Waals surface area contributed by atoms with Gasteiger partial charge in [-0.25, -0.2) is 13.1 Å². The van der Waals surface area contributed by atoms with E-state index in [1.165, 1.54) is 36.4 Å². The minimum atomic E-state index is -4.53. The van der Waals surface area contributed by atoms with Crippen LogP contribution in [0.4, 0.5) is 22.7 Å². The zero-order chi connectivity index (χ0) is 67.6.